The highest BCUT2D eigenvalue weighted by molar-refractivity contribution is 5.25. The lowest BCUT2D eigenvalue weighted by molar-refractivity contribution is 0.154. The van der Waals surface area contributed by atoms with Crippen LogP contribution in [-0.4, -0.2) is 9.67 Å². The number of hydrogen-bond donors (Lipinski definition) is 1. The Balaban J connectivity index is 2.63. The fourth-order valence-electron chi connectivity index (χ4n) is 1.93. The molecule has 0 spiro atoms. The molecule has 0 unspecified atom stereocenters. The molecule has 0 saturated heterocycles. The molecule has 1 aliphatic rings. The van der Waals surface area contributed by atoms with Gasteiger partial charge in [0.15, 0.2) is 0 Å². The van der Waals surface area contributed by atoms with Crippen LogP contribution in [0.5, 0.6) is 0 Å². The predicted molar refractivity (Wildman–Crippen MR) is 49.6 cm³/mol. The number of hydrogen-bond acceptors (Lipinski definition) is 2. The number of rotatable bonds is 0. The number of aliphatic hydroxyl groups excluding tert-OH is 1. The summed E-state index contributed by atoms with van der Waals surface area (Å²) in [6.45, 7) is 0. The average molecular weight is 179 g/mol. The molecule has 1 aliphatic carbocycles. The summed E-state index contributed by atoms with van der Waals surface area (Å²) in [5.74, 6) is 0. The molecule has 1 aromatic rings. The third kappa shape index (κ3) is 1.29. The molecule has 0 amide bonds. The van der Waals surface area contributed by atoms with E-state index in [1.54, 1.807) is 17.7 Å². The van der Waals surface area contributed by atoms with Crippen molar-refractivity contribution >= 4 is 0 Å². The van der Waals surface area contributed by atoms with Gasteiger partial charge in [-0.25, -0.2) is 0 Å². The molecular weight excluding hydrogens is 166 g/mol. The Kier molecular flexibility index (Phi) is 1.96. The topological polar surface area (TPSA) is 42.2 Å². The van der Waals surface area contributed by atoms with Gasteiger partial charge in [-0.2, -0.15) is 0 Å². The van der Waals surface area contributed by atoms with Gasteiger partial charge >= 0.3 is 0 Å². The summed E-state index contributed by atoms with van der Waals surface area (Å²) in [6, 6.07) is 3.27. The Hall–Kier alpha value is -1.09. The smallest absolute Gasteiger partial charge is 0.250 e. The Morgan fingerprint density at radius 1 is 1.54 bits per heavy atom. The maximum absolute atomic E-state index is 11.3. The monoisotopic (exact) mass is 179 g/mol. The van der Waals surface area contributed by atoms with E-state index in [2.05, 4.69) is 0 Å². The van der Waals surface area contributed by atoms with Crippen LogP contribution in [0.1, 0.15) is 30.2 Å². The number of nitrogens with zero attached hydrogens (tertiary/aromatic N) is 1. The minimum absolute atomic E-state index is 0.00727. The molecule has 0 bridgehead atoms. The molecule has 70 valence electrons. The van der Waals surface area contributed by atoms with Gasteiger partial charge in [0.05, 0.1) is 6.10 Å². The van der Waals surface area contributed by atoms with Gasteiger partial charge in [-0.3, -0.25) is 4.79 Å². The van der Waals surface area contributed by atoms with Gasteiger partial charge in [0.25, 0.3) is 0 Å². The van der Waals surface area contributed by atoms with Crippen LogP contribution in [-0.2, 0) is 13.5 Å². The van der Waals surface area contributed by atoms with Crippen LogP contribution in [0, 0.1) is 0 Å². The number of pyridine rings is 1. The maximum Gasteiger partial charge on any atom is 0.250 e. The van der Waals surface area contributed by atoms with E-state index in [-0.39, 0.29) is 11.7 Å². The highest BCUT2D eigenvalue weighted by Gasteiger charge is 2.19. The van der Waals surface area contributed by atoms with Gasteiger partial charge in [0.1, 0.15) is 0 Å². The number of fused-ring (bicyclic) bond motifs is 1. The first-order valence-electron chi connectivity index (χ1n) is 4.57. The second-order valence-electron chi connectivity index (χ2n) is 3.54. The second kappa shape index (κ2) is 3.00. The van der Waals surface area contributed by atoms with Crippen molar-refractivity contribution in [1.29, 1.82) is 0 Å². The van der Waals surface area contributed by atoms with Crippen molar-refractivity contribution < 1.29 is 5.11 Å². The first-order valence-corrected chi connectivity index (χ1v) is 4.57. The van der Waals surface area contributed by atoms with Gasteiger partial charge in [-0.1, -0.05) is 0 Å². The summed E-state index contributed by atoms with van der Waals surface area (Å²) in [5, 5.41) is 9.66. The molecule has 0 saturated carbocycles. The average Bonchev–Trinajstić information content (AvgIpc) is 2.12. The van der Waals surface area contributed by atoms with E-state index in [1.807, 2.05) is 0 Å². The highest BCUT2D eigenvalue weighted by Crippen LogP contribution is 2.27. The lowest BCUT2D eigenvalue weighted by Crippen LogP contribution is -2.24. The quantitative estimate of drug-likeness (QED) is 0.638. The van der Waals surface area contributed by atoms with Gasteiger partial charge in [-0.05, 0) is 25.3 Å². The van der Waals surface area contributed by atoms with Crippen LogP contribution in [0.2, 0.25) is 0 Å². The molecule has 3 heteroatoms. The predicted octanol–water partition coefficient (Wildman–Crippen LogP) is 0.755. The molecule has 1 aromatic heterocycles. The first kappa shape index (κ1) is 8.51. The lowest BCUT2D eigenvalue weighted by Gasteiger charge is -2.22. The van der Waals surface area contributed by atoms with E-state index in [4.69, 9.17) is 0 Å². The van der Waals surface area contributed by atoms with Gasteiger partial charge in [0, 0.05) is 24.4 Å². The SMILES string of the molecule is Cn1c2c(ccc1=O)[C@H](O)CCC2. The van der Waals surface area contributed by atoms with E-state index in [0.29, 0.717) is 0 Å². The summed E-state index contributed by atoms with van der Waals surface area (Å²) in [7, 11) is 1.76. The highest BCUT2D eigenvalue weighted by atomic mass is 16.3. The van der Waals surface area contributed by atoms with Gasteiger partial charge in [-0.15, -0.1) is 0 Å². The van der Waals surface area contributed by atoms with Crippen molar-refractivity contribution in [3.63, 3.8) is 0 Å². The molecule has 2 rings (SSSR count). The van der Waals surface area contributed by atoms with E-state index in [1.165, 1.54) is 6.07 Å². The van der Waals surface area contributed by atoms with Gasteiger partial charge < -0.3 is 9.67 Å². The first-order chi connectivity index (χ1) is 6.20. The van der Waals surface area contributed by atoms with E-state index < -0.39 is 0 Å². The van der Waals surface area contributed by atoms with Crippen LogP contribution < -0.4 is 5.56 Å². The van der Waals surface area contributed by atoms with E-state index >= 15 is 0 Å². The Morgan fingerprint density at radius 2 is 2.31 bits per heavy atom. The molecular formula is C10H13NO2. The third-order valence-corrected chi connectivity index (χ3v) is 2.72. The van der Waals surface area contributed by atoms with Crippen LogP contribution in [0.15, 0.2) is 16.9 Å². The summed E-state index contributed by atoms with van der Waals surface area (Å²) in [4.78, 5) is 11.3. The van der Waals surface area contributed by atoms with Gasteiger partial charge in [0.2, 0.25) is 5.56 Å². The van der Waals surface area contributed by atoms with Crippen molar-refractivity contribution in [3.8, 4) is 0 Å². The molecule has 3 nitrogen and oxygen atoms in total. The minimum atomic E-state index is -0.379. The zero-order valence-electron chi connectivity index (χ0n) is 7.66. The molecule has 0 aromatic carbocycles. The summed E-state index contributed by atoms with van der Waals surface area (Å²) >= 11 is 0. The largest absolute Gasteiger partial charge is 0.388 e. The van der Waals surface area contributed by atoms with Crippen LogP contribution in [0.25, 0.3) is 0 Å². The third-order valence-electron chi connectivity index (χ3n) is 2.72. The van der Waals surface area contributed by atoms with E-state index in [0.717, 1.165) is 30.5 Å². The molecule has 0 fully saturated rings. The standard InChI is InChI=1S/C10H13NO2/c1-11-8-3-2-4-9(12)7(8)5-6-10(11)13/h5-6,9,12H,2-4H2,1H3/t9-/m1/s1. The second-order valence-corrected chi connectivity index (χ2v) is 3.54. The molecule has 1 heterocycles. The number of aromatic nitrogens is 1. The van der Waals surface area contributed by atoms with Crippen LogP contribution in [0.3, 0.4) is 0 Å². The Bertz CT molecular complexity index is 381. The van der Waals surface area contributed by atoms with Crippen molar-refractivity contribution in [2.24, 2.45) is 7.05 Å². The summed E-state index contributed by atoms with van der Waals surface area (Å²) < 4.78 is 1.64. The Labute approximate surface area is 76.6 Å². The van der Waals surface area contributed by atoms with Crippen LogP contribution in [0.4, 0.5) is 0 Å². The Morgan fingerprint density at radius 3 is 3.08 bits per heavy atom. The van der Waals surface area contributed by atoms with E-state index in [9.17, 15) is 9.90 Å². The fourth-order valence-corrected chi connectivity index (χ4v) is 1.93. The molecule has 1 atom stereocenters. The molecule has 1 N–H and O–H groups in total. The molecule has 13 heavy (non-hydrogen) atoms. The van der Waals surface area contributed by atoms with Crippen molar-refractivity contribution in [2.45, 2.75) is 25.4 Å². The zero-order valence-corrected chi connectivity index (χ0v) is 7.66. The minimum Gasteiger partial charge on any atom is -0.388 e. The normalized spacial score (nSPS) is 21.2. The maximum atomic E-state index is 11.3. The van der Waals surface area contributed by atoms with Crippen molar-refractivity contribution in [1.82, 2.24) is 4.57 Å². The molecule has 0 aliphatic heterocycles. The summed E-state index contributed by atoms with van der Waals surface area (Å²) in [5.41, 5.74) is 1.92. The van der Waals surface area contributed by atoms with Crippen molar-refractivity contribution in [3.05, 3.63) is 33.7 Å². The fraction of sp³-hybridized carbons (Fsp3) is 0.500. The lowest BCUT2D eigenvalue weighted by atomic mass is 9.93. The molecule has 0 radical (unpaired) electrons. The van der Waals surface area contributed by atoms with Crippen molar-refractivity contribution in [2.75, 3.05) is 0 Å². The number of aliphatic hydroxyl groups is 1. The van der Waals surface area contributed by atoms with Crippen LogP contribution >= 0.6 is 0 Å². The zero-order chi connectivity index (χ0) is 9.42. The summed E-state index contributed by atoms with van der Waals surface area (Å²) in [6.07, 6.45) is 2.30.